The Hall–Kier alpha value is -3.42. The van der Waals surface area contributed by atoms with E-state index in [1.807, 2.05) is 76.2 Å². The third-order valence-electron chi connectivity index (χ3n) is 5.90. The monoisotopic (exact) mass is 487 g/mol. The lowest BCUT2D eigenvalue weighted by atomic mass is 10.1. The van der Waals surface area contributed by atoms with E-state index in [1.54, 1.807) is 6.08 Å². The molecule has 1 amide bonds. The van der Waals surface area contributed by atoms with Crippen LogP contribution in [0.15, 0.2) is 64.2 Å². The van der Waals surface area contributed by atoms with E-state index in [0.29, 0.717) is 10.2 Å². The summed E-state index contributed by atoms with van der Waals surface area (Å²) in [4.78, 5) is 17.1. The predicted molar refractivity (Wildman–Crippen MR) is 140 cm³/mol. The lowest BCUT2D eigenvalue weighted by molar-refractivity contribution is -0.114. The molecule has 0 fully saturated rings. The van der Waals surface area contributed by atoms with Crippen molar-refractivity contribution >= 4 is 51.4 Å². The summed E-state index contributed by atoms with van der Waals surface area (Å²) < 4.78 is 2.11. The van der Waals surface area contributed by atoms with Crippen LogP contribution in [0.4, 0.5) is 0 Å². The third-order valence-corrected chi connectivity index (χ3v) is 7.09. The first-order valence-electron chi connectivity index (χ1n) is 10.8. The van der Waals surface area contributed by atoms with Crippen LogP contribution in [0.3, 0.4) is 0 Å². The van der Waals surface area contributed by atoms with E-state index < -0.39 is 5.91 Å². The summed E-state index contributed by atoms with van der Waals surface area (Å²) in [7, 11) is 0. The van der Waals surface area contributed by atoms with Gasteiger partial charge in [-0.3, -0.25) is 10.2 Å². The molecule has 2 aliphatic rings. The van der Waals surface area contributed by atoms with Crippen LogP contribution in [0.5, 0.6) is 0 Å². The van der Waals surface area contributed by atoms with Crippen molar-refractivity contribution < 1.29 is 4.79 Å². The molecule has 0 saturated carbocycles. The molecule has 0 bridgehead atoms. The Morgan fingerprint density at radius 3 is 2.62 bits per heavy atom. The van der Waals surface area contributed by atoms with Crippen molar-refractivity contribution in [1.82, 2.24) is 9.58 Å². The van der Waals surface area contributed by atoms with Gasteiger partial charge in [0.1, 0.15) is 5.04 Å². The zero-order chi connectivity index (χ0) is 24.1. The fourth-order valence-electron chi connectivity index (χ4n) is 4.17. The maximum Gasteiger partial charge on any atom is 0.283 e. The molecule has 0 saturated heterocycles. The van der Waals surface area contributed by atoms with Gasteiger partial charge in [0, 0.05) is 27.7 Å². The zero-order valence-electron chi connectivity index (χ0n) is 19.2. The van der Waals surface area contributed by atoms with Gasteiger partial charge in [-0.05, 0) is 80.9 Å². The minimum absolute atomic E-state index is 0.0221. The number of aliphatic imine (C=N–C) groups is 1. The van der Waals surface area contributed by atoms with Crippen molar-refractivity contribution in [3.63, 3.8) is 0 Å². The molecule has 2 aromatic carbocycles. The van der Waals surface area contributed by atoms with Crippen LogP contribution in [0.25, 0.3) is 11.8 Å². The van der Waals surface area contributed by atoms with Crippen LogP contribution in [-0.4, -0.2) is 31.5 Å². The van der Waals surface area contributed by atoms with Crippen molar-refractivity contribution in [2.24, 2.45) is 10.1 Å². The van der Waals surface area contributed by atoms with E-state index >= 15 is 0 Å². The number of rotatable bonds is 3. The maximum absolute atomic E-state index is 12.9. The summed E-state index contributed by atoms with van der Waals surface area (Å²) in [6, 6.07) is 15.8. The molecule has 1 aromatic heterocycles. The minimum Gasteiger partial charge on any atom is -0.318 e. The van der Waals surface area contributed by atoms with E-state index in [0.717, 1.165) is 44.4 Å². The molecule has 1 N–H and O–H groups in total. The zero-order valence-corrected chi connectivity index (χ0v) is 20.8. The lowest BCUT2D eigenvalue weighted by Gasteiger charge is -2.20. The molecule has 5 rings (SSSR count). The Morgan fingerprint density at radius 1 is 1.06 bits per heavy atom. The topological polar surface area (TPSA) is 73.8 Å². The van der Waals surface area contributed by atoms with Crippen LogP contribution in [0, 0.1) is 33.1 Å². The van der Waals surface area contributed by atoms with Crippen molar-refractivity contribution in [3.8, 4) is 5.69 Å². The van der Waals surface area contributed by atoms with E-state index in [9.17, 15) is 4.79 Å². The number of amidine groups is 2. The van der Waals surface area contributed by atoms with Gasteiger partial charge in [-0.2, -0.15) is 15.1 Å². The smallest absolute Gasteiger partial charge is 0.283 e. The number of thioether (sulfide) groups is 1. The van der Waals surface area contributed by atoms with Gasteiger partial charge in [-0.1, -0.05) is 41.4 Å². The van der Waals surface area contributed by atoms with Gasteiger partial charge in [-0.15, -0.1) is 0 Å². The van der Waals surface area contributed by atoms with Crippen molar-refractivity contribution in [2.45, 2.75) is 27.7 Å². The van der Waals surface area contributed by atoms with Gasteiger partial charge in [0.05, 0.1) is 5.57 Å². The van der Waals surface area contributed by atoms with Crippen molar-refractivity contribution in [1.29, 1.82) is 5.41 Å². The van der Waals surface area contributed by atoms with Gasteiger partial charge in [-0.25, -0.2) is 0 Å². The summed E-state index contributed by atoms with van der Waals surface area (Å²) in [5, 5.41) is 16.5. The highest BCUT2D eigenvalue weighted by Crippen LogP contribution is 2.32. The molecule has 34 heavy (non-hydrogen) atoms. The van der Waals surface area contributed by atoms with Crippen LogP contribution >= 0.6 is 23.4 Å². The number of hydrogen-bond donors (Lipinski definition) is 1. The van der Waals surface area contributed by atoms with E-state index in [2.05, 4.69) is 14.7 Å². The Morgan fingerprint density at radius 2 is 1.85 bits per heavy atom. The molecule has 170 valence electrons. The summed E-state index contributed by atoms with van der Waals surface area (Å²) in [6.07, 6.45) is 1.73. The minimum atomic E-state index is -0.437. The number of nitrogens with one attached hydrogen (secondary N) is 1. The number of amides is 1. The van der Waals surface area contributed by atoms with Crippen LogP contribution < -0.4 is 0 Å². The van der Waals surface area contributed by atoms with Gasteiger partial charge in [0.2, 0.25) is 5.17 Å². The molecule has 0 unspecified atom stereocenters. The van der Waals surface area contributed by atoms with Gasteiger partial charge < -0.3 is 4.57 Å². The number of hydrazone groups is 1. The molecular weight excluding hydrogens is 466 g/mol. The van der Waals surface area contributed by atoms with Gasteiger partial charge in [0.15, 0.2) is 5.84 Å². The summed E-state index contributed by atoms with van der Waals surface area (Å²) >= 11 is 7.56. The average Bonchev–Trinajstić information content (AvgIpc) is 3.33. The van der Waals surface area contributed by atoms with Crippen LogP contribution in [0.1, 0.15) is 33.6 Å². The second-order valence-electron chi connectivity index (χ2n) is 8.39. The molecule has 2 aliphatic heterocycles. The number of aryl methyl sites for hydroxylation is 3. The summed E-state index contributed by atoms with van der Waals surface area (Å²) in [6.45, 7) is 8.05. The molecular formula is C26H22ClN5OS. The second-order valence-corrected chi connectivity index (χ2v) is 9.78. The van der Waals surface area contributed by atoms with Crippen LogP contribution in [0.2, 0.25) is 5.02 Å². The largest absolute Gasteiger partial charge is 0.318 e. The Bertz CT molecular complexity index is 1480. The highest BCUT2D eigenvalue weighted by Gasteiger charge is 2.36. The van der Waals surface area contributed by atoms with Crippen LogP contribution in [-0.2, 0) is 4.79 Å². The van der Waals surface area contributed by atoms with Gasteiger partial charge >= 0.3 is 0 Å². The standard InChI is InChI=1S/C26H22ClN5OS/c1-14-6-5-7-18(10-14)25-30-32-23(28)21(24(33)29-26(32)34-25)12-19-11-16(3)31(17(19)4)22-13-20(27)9-8-15(22)2/h5-13,28H,1-4H3/b21-12-,28-23?. The quantitative estimate of drug-likeness (QED) is 0.458. The summed E-state index contributed by atoms with van der Waals surface area (Å²) in [5.74, 6) is -0.415. The first kappa shape index (κ1) is 22.4. The number of nitrogens with zero attached hydrogens (tertiary/aromatic N) is 4. The second kappa shape index (κ2) is 8.42. The van der Waals surface area contributed by atoms with Crippen molar-refractivity contribution in [3.05, 3.63) is 92.8 Å². The molecule has 0 atom stereocenters. The number of hydrogen-bond acceptors (Lipinski definition) is 4. The Labute approximate surface area is 207 Å². The number of halogens is 1. The first-order valence-corrected chi connectivity index (χ1v) is 11.9. The normalized spacial score (nSPS) is 16.7. The fourth-order valence-corrected chi connectivity index (χ4v) is 5.22. The number of aromatic nitrogens is 1. The molecule has 3 heterocycles. The van der Waals surface area contributed by atoms with E-state index in [1.165, 1.54) is 16.8 Å². The number of carbonyl (C=O) groups is 1. The first-order chi connectivity index (χ1) is 16.2. The highest BCUT2D eigenvalue weighted by atomic mass is 35.5. The van der Waals surface area contributed by atoms with E-state index in [-0.39, 0.29) is 11.4 Å². The molecule has 0 radical (unpaired) electrons. The average molecular weight is 488 g/mol. The number of benzene rings is 2. The molecule has 0 spiro atoms. The number of carbonyl (C=O) groups excluding carboxylic acids is 1. The molecule has 0 aliphatic carbocycles. The fraction of sp³-hybridized carbons (Fsp3) is 0.154. The molecule has 6 nitrogen and oxygen atoms in total. The third kappa shape index (κ3) is 3.81. The Balaban J connectivity index is 1.53. The highest BCUT2D eigenvalue weighted by molar-refractivity contribution is 8.27. The van der Waals surface area contributed by atoms with Crippen molar-refractivity contribution in [2.75, 3.05) is 0 Å². The summed E-state index contributed by atoms with van der Waals surface area (Å²) in [5.41, 5.74) is 7.14. The van der Waals surface area contributed by atoms with Gasteiger partial charge in [0.25, 0.3) is 5.91 Å². The Kier molecular flexibility index (Phi) is 5.54. The number of fused-ring (bicyclic) bond motifs is 1. The predicted octanol–water partition coefficient (Wildman–Crippen LogP) is 6.03. The lowest BCUT2D eigenvalue weighted by Crippen LogP contribution is -2.35. The maximum atomic E-state index is 12.9. The molecule has 8 heteroatoms. The molecule has 3 aromatic rings. The SMILES string of the molecule is Cc1cccc(C2=NN3C(=N)/C(=C/c4cc(C)n(-c5cc(Cl)ccc5C)c4C)C(=O)N=C3S2)c1. The van der Waals surface area contributed by atoms with E-state index in [4.69, 9.17) is 17.0 Å².